The van der Waals surface area contributed by atoms with Crippen LogP contribution in [0.5, 0.6) is 5.75 Å². The van der Waals surface area contributed by atoms with E-state index in [4.69, 9.17) is 18.6 Å². The summed E-state index contributed by atoms with van der Waals surface area (Å²) in [5.41, 5.74) is 0.437. The Balaban J connectivity index is 2.26. The summed E-state index contributed by atoms with van der Waals surface area (Å²) < 4.78 is 24.7. The Kier molecular flexibility index (Phi) is 6.92. The van der Waals surface area contributed by atoms with Gasteiger partial charge in [-0.25, -0.2) is 9.59 Å². The van der Waals surface area contributed by atoms with E-state index in [1.54, 1.807) is 52.2 Å². The Morgan fingerprint density at radius 2 is 1.65 bits per heavy atom. The third-order valence-corrected chi connectivity index (χ3v) is 6.03. The first-order valence-electron chi connectivity index (χ1n) is 12.6. The highest BCUT2D eigenvalue weighted by atomic mass is 16.6. The molecule has 0 unspecified atom stereocenters. The van der Waals surface area contributed by atoms with E-state index in [1.807, 2.05) is 19.9 Å². The van der Waals surface area contributed by atoms with Gasteiger partial charge in [0.25, 0.3) is 5.52 Å². The minimum atomic E-state index is -1.06. The average Bonchev–Trinajstić information content (AvgIpc) is 3.41. The van der Waals surface area contributed by atoms with Crippen molar-refractivity contribution >= 4 is 40.0 Å². The first kappa shape index (κ1) is 28.3. The lowest BCUT2D eigenvalue weighted by Gasteiger charge is -2.30. The van der Waals surface area contributed by atoms with E-state index < -0.39 is 23.4 Å². The van der Waals surface area contributed by atoms with E-state index in [1.165, 1.54) is 25.6 Å². The number of hydrogen-bond acceptors (Lipinski definition) is 8. The summed E-state index contributed by atoms with van der Waals surface area (Å²) in [6.45, 7) is 13.6. The van der Waals surface area contributed by atoms with Crippen LogP contribution in [0.2, 0.25) is 0 Å². The lowest BCUT2D eigenvalue weighted by Crippen LogP contribution is -2.45. The maximum absolute atomic E-state index is 13.8. The number of imide groups is 1. The number of hydrogen-bond donors (Lipinski definition) is 0. The maximum atomic E-state index is 13.8. The summed E-state index contributed by atoms with van der Waals surface area (Å²) in [5.74, 6) is 0.364. The molecule has 0 N–H and O–H groups in total. The lowest BCUT2D eigenvalue weighted by molar-refractivity contribution is -0.575. The van der Waals surface area contributed by atoms with Gasteiger partial charge in [-0.1, -0.05) is 6.07 Å². The van der Waals surface area contributed by atoms with Crippen LogP contribution < -0.4 is 14.4 Å². The molecule has 1 aromatic carbocycles. The normalized spacial score (nSPS) is 11.9. The van der Waals surface area contributed by atoms with E-state index in [2.05, 4.69) is 6.07 Å². The predicted molar refractivity (Wildman–Crippen MR) is 148 cm³/mol. The number of aromatic nitrogens is 2. The SMILES string of the molecule is COc1ccc(C)c(-n2c(N(C(=O)OC(C)(C)C)C(=O)OC(C)(C)C)c(C#N)c3c[n+]([O-])c4ccoc4c32)c1C. The van der Waals surface area contributed by atoms with Gasteiger partial charge in [0, 0.05) is 5.56 Å². The van der Waals surface area contributed by atoms with Gasteiger partial charge in [-0.2, -0.15) is 14.9 Å². The fraction of sp³-hybridized carbons (Fsp3) is 0.379. The van der Waals surface area contributed by atoms with Crippen molar-refractivity contribution in [2.24, 2.45) is 0 Å². The van der Waals surface area contributed by atoms with E-state index in [-0.39, 0.29) is 27.9 Å². The number of anilines is 1. The molecular weight excluding hydrogens is 516 g/mol. The standard InChI is InChI=1S/C29H32N4O7/c1-16-10-11-21(37-9)17(2)22(16)32-23-19(15-31(36)20-12-13-38-24(20)23)18(14-30)25(32)33(26(34)39-28(3,4)5)27(35)40-29(6,7)8/h10-13,15H,1-9H3. The second-order valence-corrected chi connectivity index (χ2v) is 11.4. The van der Waals surface area contributed by atoms with Crippen molar-refractivity contribution < 1.29 is 32.9 Å². The predicted octanol–water partition coefficient (Wildman–Crippen LogP) is 6.18. The number of nitrogens with zero attached hydrogens (tertiary/aromatic N) is 4. The van der Waals surface area contributed by atoms with Crippen molar-refractivity contribution in [1.29, 1.82) is 5.26 Å². The molecule has 0 atom stereocenters. The van der Waals surface area contributed by atoms with Crippen molar-refractivity contribution in [3.63, 3.8) is 0 Å². The van der Waals surface area contributed by atoms with E-state index in [0.29, 0.717) is 32.1 Å². The largest absolute Gasteiger partial charge is 0.618 e. The number of aryl methyl sites for hydroxylation is 1. The maximum Gasteiger partial charge on any atom is 0.425 e. The highest BCUT2D eigenvalue weighted by molar-refractivity contribution is 6.15. The fourth-order valence-corrected chi connectivity index (χ4v) is 4.55. The summed E-state index contributed by atoms with van der Waals surface area (Å²) in [6.07, 6.45) is 0.447. The second-order valence-electron chi connectivity index (χ2n) is 11.4. The number of carbonyl (C=O) groups is 2. The first-order chi connectivity index (χ1) is 18.6. The van der Waals surface area contributed by atoms with Gasteiger partial charge in [0.05, 0.1) is 30.5 Å². The Labute approximate surface area is 231 Å². The summed E-state index contributed by atoms with van der Waals surface area (Å²) in [7, 11) is 1.52. The van der Waals surface area contributed by atoms with Crippen LogP contribution in [0.4, 0.5) is 15.4 Å². The molecule has 2 amide bonds. The molecule has 0 aliphatic heterocycles. The smallest absolute Gasteiger partial charge is 0.425 e. The van der Waals surface area contributed by atoms with Gasteiger partial charge < -0.3 is 23.8 Å². The molecule has 0 saturated heterocycles. The molecule has 0 saturated carbocycles. The monoisotopic (exact) mass is 548 g/mol. The van der Waals surface area contributed by atoms with Gasteiger partial charge in [-0.05, 0) is 67.0 Å². The molecule has 4 aromatic rings. The van der Waals surface area contributed by atoms with Crippen LogP contribution in [-0.2, 0) is 9.47 Å². The molecule has 11 nitrogen and oxygen atoms in total. The molecule has 40 heavy (non-hydrogen) atoms. The number of fused-ring (bicyclic) bond motifs is 3. The van der Waals surface area contributed by atoms with Crippen molar-refractivity contribution in [2.45, 2.75) is 66.6 Å². The molecule has 0 aliphatic carbocycles. The zero-order valence-electron chi connectivity index (χ0n) is 24.0. The highest BCUT2D eigenvalue weighted by Gasteiger charge is 2.40. The number of furan rings is 1. The zero-order chi connectivity index (χ0) is 29.7. The van der Waals surface area contributed by atoms with Gasteiger partial charge in [-0.3, -0.25) is 4.57 Å². The number of ether oxygens (including phenoxy) is 3. The number of benzene rings is 1. The van der Waals surface area contributed by atoms with E-state index >= 15 is 0 Å². The Morgan fingerprint density at radius 3 is 2.17 bits per heavy atom. The Bertz CT molecular complexity index is 1670. The second kappa shape index (κ2) is 9.79. The molecular formula is C29H32N4O7. The topological polar surface area (TPSA) is 134 Å². The molecule has 4 rings (SSSR count). The van der Waals surface area contributed by atoms with Gasteiger partial charge in [0.1, 0.15) is 34.1 Å². The van der Waals surface area contributed by atoms with Crippen molar-refractivity contribution in [3.05, 3.63) is 52.6 Å². The Morgan fingerprint density at radius 1 is 1.05 bits per heavy atom. The average molecular weight is 549 g/mol. The number of amides is 2. The molecule has 3 heterocycles. The molecule has 0 spiro atoms. The van der Waals surface area contributed by atoms with Crippen LogP contribution in [0.3, 0.4) is 0 Å². The van der Waals surface area contributed by atoms with Crippen LogP contribution in [-0.4, -0.2) is 35.1 Å². The molecule has 0 radical (unpaired) electrons. The van der Waals surface area contributed by atoms with Crippen LogP contribution in [0.1, 0.15) is 58.2 Å². The molecule has 0 fully saturated rings. The van der Waals surface area contributed by atoms with E-state index in [9.17, 15) is 20.1 Å². The number of carbonyl (C=O) groups excluding carboxylic acids is 2. The van der Waals surface area contributed by atoms with Crippen molar-refractivity contribution in [2.75, 3.05) is 12.0 Å². The van der Waals surface area contributed by atoms with E-state index in [0.717, 1.165) is 5.56 Å². The molecule has 0 bridgehead atoms. The van der Waals surface area contributed by atoms with Crippen molar-refractivity contribution in [3.8, 4) is 17.5 Å². The molecule has 0 aliphatic rings. The quantitative estimate of drug-likeness (QED) is 0.219. The van der Waals surface area contributed by atoms with Crippen LogP contribution in [0.15, 0.2) is 35.1 Å². The van der Waals surface area contributed by atoms with Crippen LogP contribution in [0, 0.1) is 30.4 Å². The number of rotatable bonds is 3. The highest BCUT2D eigenvalue weighted by Crippen LogP contribution is 2.42. The summed E-state index contributed by atoms with van der Waals surface area (Å²) >= 11 is 0. The Hall–Kier alpha value is -4.72. The minimum Gasteiger partial charge on any atom is -0.618 e. The van der Waals surface area contributed by atoms with Gasteiger partial charge >= 0.3 is 12.2 Å². The lowest BCUT2D eigenvalue weighted by atomic mass is 10.1. The van der Waals surface area contributed by atoms with Crippen LogP contribution in [0.25, 0.3) is 27.7 Å². The summed E-state index contributed by atoms with van der Waals surface area (Å²) in [5, 5.41) is 23.6. The summed E-state index contributed by atoms with van der Waals surface area (Å²) in [4.78, 5) is 28.2. The van der Waals surface area contributed by atoms with Gasteiger partial charge in [-0.15, -0.1) is 0 Å². The number of pyridine rings is 1. The minimum absolute atomic E-state index is 0.128. The fourth-order valence-electron chi connectivity index (χ4n) is 4.55. The molecule has 210 valence electrons. The first-order valence-corrected chi connectivity index (χ1v) is 12.6. The van der Waals surface area contributed by atoms with Crippen LogP contribution >= 0.6 is 0 Å². The van der Waals surface area contributed by atoms with Gasteiger partial charge in [0.2, 0.25) is 5.58 Å². The van der Waals surface area contributed by atoms with Gasteiger partial charge in [0.15, 0.2) is 12.0 Å². The third-order valence-electron chi connectivity index (χ3n) is 6.03. The summed E-state index contributed by atoms with van der Waals surface area (Å²) in [6, 6.07) is 7.19. The third kappa shape index (κ3) is 4.88. The number of methoxy groups -OCH3 is 1. The molecule has 11 heteroatoms. The zero-order valence-corrected chi connectivity index (χ0v) is 24.0. The number of nitriles is 1. The van der Waals surface area contributed by atoms with Crippen molar-refractivity contribution in [1.82, 2.24) is 4.57 Å². The molecule has 3 aromatic heterocycles.